The van der Waals surface area contributed by atoms with Crippen molar-refractivity contribution < 1.29 is 0 Å². The maximum absolute atomic E-state index is 5.78. The Kier molecular flexibility index (Phi) is 2.08. The van der Waals surface area contributed by atoms with Crippen molar-refractivity contribution in [2.45, 2.75) is 6.92 Å². The summed E-state index contributed by atoms with van der Waals surface area (Å²) in [7, 11) is 0. The second kappa shape index (κ2) is 3.59. The molecular weight excluding hydrogens is 212 g/mol. The van der Waals surface area contributed by atoms with Gasteiger partial charge in [-0.05, 0) is 12.5 Å². The summed E-state index contributed by atoms with van der Waals surface area (Å²) in [5.41, 5.74) is 9.66. The minimum atomic E-state index is 0.521. The van der Waals surface area contributed by atoms with Gasteiger partial charge in [0.1, 0.15) is 5.82 Å². The summed E-state index contributed by atoms with van der Waals surface area (Å²) >= 11 is 0. The molecule has 4 heteroatoms. The first-order valence-corrected chi connectivity index (χ1v) is 5.42. The van der Waals surface area contributed by atoms with Gasteiger partial charge in [-0.15, -0.1) is 0 Å². The fraction of sp³-hybridized carbons (Fsp3) is 0.0769. The summed E-state index contributed by atoms with van der Waals surface area (Å²) in [5.74, 6) is 0.521. The standard InChI is InChI=1S/C13H12N4/c1-9-7-12(14)16-13-11(8-15-17(9)13)10-5-3-2-4-6-10/h2-8H,1H3,(H2,14,16). The fourth-order valence-electron chi connectivity index (χ4n) is 1.96. The number of hydrogen-bond acceptors (Lipinski definition) is 3. The largest absolute Gasteiger partial charge is 0.384 e. The summed E-state index contributed by atoms with van der Waals surface area (Å²) in [6.45, 7) is 1.97. The number of nitrogens with two attached hydrogens (primary N) is 1. The summed E-state index contributed by atoms with van der Waals surface area (Å²) in [6.07, 6.45) is 1.82. The van der Waals surface area contributed by atoms with Crippen LogP contribution in [0.25, 0.3) is 16.8 Å². The molecule has 84 valence electrons. The molecule has 0 saturated carbocycles. The summed E-state index contributed by atoms with van der Waals surface area (Å²) in [5, 5.41) is 4.33. The lowest BCUT2D eigenvalue weighted by molar-refractivity contribution is 0.897. The van der Waals surface area contributed by atoms with Crippen molar-refractivity contribution >= 4 is 11.5 Å². The number of rotatable bonds is 1. The molecule has 3 aromatic rings. The van der Waals surface area contributed by atoms with Gasteiger partial charge in [-0.1, -0.05) is 30.3 Å². The maximum Gasteiger partial charge on any atom is 0.165 e. The van der Waals surface area contributed by atoms with Gasteiger partial charge < -0.3 is 5.73 Å². The molecule has 0 aliphatic rings. The summed E-state index contributed by atoms with van der Waals surface area (Å²) in [4.78, 5) is 4.35. The smallest absolute Gasteiger partial charge is 0.165 e. The third-order valence-corrected chi connectivity index (χ3v) is 2.75. The zero-order valence-electron chi connectivity index (χ0n) is 9.46. The van der Waals surface area contributed by atoms with Crippen LogP contribution < -0.4 is 5.73 Å². The number of fused-ring (bicyclic) bond motifs is 1. The average Bonchev–Trinajstić information content (AvgIpc) is 2.74. The van der Waals surface area contributed by atoms with Crippen LogP contribution in [0.4, 0.5) is 5.82 Å². The van der Waals surface area contributed by atoms with E-state index in [9.17, 15) is 0 Å². The van der Waals surface area contributed by atoms with E-state index in [0.29, 0.717) is 5.82 Å². The Morgan fingerprint density at radius 2 is 1.94 bits per heavy atom. The van der Waals surface area contributed by atoms with Crippen LogP contribution in [-0.2, 0) is 0 Å². The van der Waals surface area contributed by atoms with Crippen LogP contribution in [0.2, 0.25) is 0 Å². The Morgan fingerprint density at radius 3 is 2.71 bits per heavy atom. The zero-order valence-corrected chi connectivity index (χ0v) is 9.46. The molecule has 1 aromatic carbocycles. The van der Waals surface area contributed by atoms with E-state index in [-0.39, 0.29) is 0 Å². The summed E-state index contributed by atoms with van der Waals surface area (Å²) < 4.78 is 1.80. The van der Waals surface area contributed by atoms with Crippen molar-refractivity contribution in [3.63, 3.8) is 0 Å². The van der Waals surface area contributed by atoms with E-state index in [2.05, 4.69) is 10.1 Å². The van der Waals surface area contributed by atoms with Crippen LogP contribution in [0, 0.1) is 6.92 Å². The molecule has 0 amide bonds. The number of benzene rings is 1. The van der Waals surface area contributed by atoms with Gasteiger partial charge in [-0.25, -0.2) is 9.50 Å². The van der Waals surface area contributed by atoms with E-state index >= 15 is 0 Å². The molecule has 4 nitrogen and oxygen atoms in total. The van der Waals surface area contributed by atoms with Gasteiger partial charge in [-0.3, -0.25) is 0 Å². The molecule has 0 unspecified atom stereocenters. The molecule has 0 aliphatic carbocycles. The monoisotopic (exact) mass is 224 g/mol. The van der Waals surface area contributed by atoms with Crippen LogP contribution in [0.15, 0.2) is 42.6 Å². The van der Waals surface area contributed by atoms with Gasteiger partial charge in [0, 0.05) is 17.3 Å². The van der Waals surface area contributed by atoms with Gasteiger partial charge in [0.05, 0.1) is 6.20 Å². The van der Waals surface area contributed by atoms with Crippen molar-refractivity contribution in [2.75, 3.05) is 5.73 Å². The predicted molar refractivity (Wildman–Crippen MR) is 67.6 cm³/mol. The maximum atomic E-state index is 5.78. The molecule has 0 aliphatic heterocycles. The lowest BCUT2D eigenvalue weighted by atomic mass is 10.1. The Hall–Kier alpha value is -2.36. The number of anilines is 1. The second-order valence-corrected chi connectivity index (χ2v) is 3.98. The topological polar surface area (TPSA) is 56.2 Å². The number of nitrogen functional groups attached to an aromatic ring is 1. The number of hydrogen-bond donors (Lipinski definition) is 1. The van der Waals surface area contributed by atoms with E-state index < -0.39 is 0 Å². The Morgan fingerprint density at radius 1 is 1.18 bits per heavy atom. The lowest BCUT2D eigenvalue weighted by Crippen LogP contribution is -1.99. The minimum Gasteiger partial charge on any atom is -0.384 e. The van der Waals surface area contributed by atoms with Crippen LogP contribution >= 0.6 is 0 Å². The molecule has 2 N–H and O–H groups in total. The quantitative estimate of drug-likeness (QED) is 0.690. The number of aryl methyl sites for hydroxylation is 1. The van der Waals surface area contributed by atoms with E-state index in [1.165, 1.54) is 0 Å². The van der Waals surface area contributed by atoms with Gasteiger partial charge in [0.2, 0.25) is 0 Å². The highest BCUT2D eigenvalue weighted by atomic mass is 15.3. The zero-order chi connectivity index (χ0) is 11.8. The summed E-state index contributed by atoms with van der Waals surface area (Å²) in [6, 6.07) is 11.9. The van der Waals surface area contributed by atoms with Crippen molar-refractivity contribution in [2.24, 2.45) is 0 Å². The molecule has 0 radical (unpaired) electrons. The van der Waals surface area contributed by atoms with Crippen LogP contribution in [0.3, 0.4) is 0 Å². The lowest BCUT2D eigenvalue weighted by Gasteiger charge is -2.02. The molecule has 0 saturated heterocycles. The van der Waals surface area contributed by atoms with Crippen molar-refractivity contribution in [1.82, 2.24) is 14.6 Å². The first-order chi connectivity index (χ1) is 8.25. The molecule has 0 fully saturated rings. The molecule has 17 heavy (non-hydrogen) atoms. The highest BCUT2D eigenvalue weighted by molar-refractivity contribution is 5.77. The molecule has 3 rings (SSSR count). The van der Waals surface area contributed by atoms with Crippen molar-refractivity contribution in [1.29, 1.82) is 0 Å². The van der Waals surface area contributed by atoms with Crippen LogP contribution in [0.5, 0.6) is 0 Å². The first-order valence-electron chi connectivity index (χ1n) is 5.42. The highest BCUT2D eigenvalue weighted by Gasteiger charge is 2.09. The van der Waals surface area contributed by atoms with E-state index in [1.54, 1.807) is 4.52 Å². The SMILES string of the molecule is Cc1cc(N)nc2c(-c3ccccc3)cnn12. The first kappa shape index (κ1) is 9.84. The van der Waals surface area contributed by atoms with Gasteiger partial charge in [0.25, 0.3) is 0 Å². The van der Waals surface area contributed by atoms with Crippen molar-refractivity contribution in [3.05, 3.63) is 48.3 Å². The Bertz CT molecular complexity index is 670. The van der Waals surface area contributed by atoms with Gasteiger partial charge in [-0.2, -0.15) is 5.10 Å². The third-order valence-electron chi connectivity index (χ3n) is 2.75. The predicted octanol–water partition coefficient (Wildman–Crippen LogP) is 2.29. The van der Waals surface area contributed by atoms with E-state index in [0.717, 1.165) is 22.5 Å². The van der Waals surface area contributed by atoms with Crippen LogP contribution in [-0.4, -0.2) is 14.6 Å². The molecule has 2 heterocycles. The number of aromatic nitrogens is 3. The highest BCUT2D eigenvalue weighted by Crippen LogP contribution is 2.24. The van der Waals surface area contributed by atoms with Crippen molar-refractivity contribution in [3.8, 4) is 11.1 Å². The Labute approximate surface area is 98.7 Å². The molecule has 2 aromatic heterocycles. The molecule has 0 atom stereocenters. The average molecular weight is 224 g/mol. The second-order valence-electron chi connectivity index (χ2n) is 3.98. The van der Waals surface area contributed by atoms with E-state index in [4.69, 9.17) is 5.73 Å². The third kappa shape index (κ3) is 1.54. The van der Waals surface area contributed by atoms with Gasteiger partial charge >= 0.3 is 0 Å². The van der Waals surface area contributed by atoms with Gasteiger partial charge in [0.15, 0.2) is 5.65 Å². The molecular formula is C13H12N4. The molecule has 0 spiro atoms. The minimum absolute atomic E-state index is 0.521. The Balaban J connectivity index is 2.32. The van der Waals surface area contributed by atoms with E-state index in [1.807, 2.05) is 49.5 Å². The van der Waals surface area contributed by atoms with Crippen LogP contribution in [0.1, 0.15) is 5.69 Å². The molecule has 0 bridgehead atoms. The normalized spacial score (nSPS) is 10.9. The number of nitrogens with zero attached hydrogens (tertiary/aromatic N) is 3. The fourth-order valence-corrected chi connectivity index (χ4v) is 1.96.